The summed E-state index contributed by atoms with van der Waals surface area (Å²) < 4.78 is 5.46. The molecule has 1 amide bonds. The standard InChI is InChI=1S/C21H28N2O2/c1-5-17-7-11-19(12-8-17)22-21(24)16(3)23(4)15-18-9-13-20(14-10-18)25-6-2/h7-14,16H,5-6,15H2,1-4H3,(H,22,24)/p+1/t16-/m1/s1. The van der Waals surface area contributed by atoms with Gasteiger partial charge >= 0.3 is 0 Å². The maximum absolute atomic E-state index is 12.5. The smallest absolute Gasteiger partial charge is 0.282 e. The number of carbonyl (C=O) groups is 1. The SMILES string of the molecule is CCOc1ccc(C[NH+](C)[C@H](C)C(=O)Nc2ccc(CC)cc2)cc1. The van der Waals surface area contributed by atoms with Crippen LogP contribution in [0.3, 0.4) is 0 Å². The summed E-state index contributed by atoms with van der Waals surface area (Å²) in [5.74, 6) is 0.915. The van der Waals surface area contributed by atoms with Crippen LogP contribution < -0.4 is 15.0 Å². The minimum atomic E-state index is -0.141. The van der Waals surface area contributed by atoms with Gasteiger partial charge in [0.15, 0.2) is 6.04 Å². The molecule has 2 aromatic rings. The maximum Gasteiger partial charge on any atom is 0.282 e. The average Bonchev–Trinajstić information content (AvgIpc) is 2.63. The third-order valence-electron chi connectivity index (χ3n) is 4.48. The van der Waals surface area contributed by atoms with Crippen molar-refractivity contribution in [2.45, 2.75) is 39.8 Å². The minimum Gasteiger partial charge on any atom is -0.494 e. The van der Waals surface area contributed by atoms with Crippen molar-refractivity contribution in [1.29, 1.82) is 0 Å². The Kier molecular flexibility index (Phi) is 7.02. The molecule has 0 saturated carbocycles. The Morgan fingerprint density at radius 1 is 1.04 bits per heavy atom. The number of rotatable bonds is 8. The molecule has 0 aliphatic heterocycles. The van der Waals surface area contributed by atoms with E-state index in [9.17, 15) is 4.79 Å². The van der Waals surface area contributed by atoms with Gasteiger partial charge in [-0.25, -0.2) is 0 Å². The molecule has 1 unspecified atom stereocenters. The van der Waals surface area contributed by atoms with Gasteiger partial charge in [0, 0.05) is 11.3 Å². The van der Waals surface area contributed by atoms with E-state index in [0.717, 1.165) is 29.3 Å². The third kappa shape index (κ3) is 5.61. The van der Waals surface area contributed by atoms with Crippen LogP contribution in [-0.2, 0) is 17.8 Å². The number of quaternary nitrogens is 1. The molecule has 2 rings (SSSR count). The van der Waals surface area contributed by atoms with Crippen LogP contribution in [-0.4, -0.2) is 25.6 Å². The van der Waals surface area contributed by atoms with E-state index in [0.29, 0.717) is 6.61 Å². The second-order valence-electron chi connectivity index (χ2n) is 6.36. The zero-order valence-corrected chi connectivity index (χ0v) is 15.6. The number of nitrogens with one attached hydrogen (secondary N) is 2. The van der Waals surface area contributed by atoms with E-state index in [-0.39, 0.29) is 11.9 Å². The van der Waals surface area contributed by atoms with Gasteiger partial charge in [0.25, 0.3) is 5.91 Å². The largest absolute Gasteiger partial charge is 0.494 e. The number of aryl methyl sites for hydroxylation is 1. The second kappa shape index (κ2) is 9.23. The van der Waals surface area contributed by atoms with Crippen LogP contribution in [0.1, 0.15) is 31.9 Å². The number of amides is 1. The van der Waals surface area contributed by atoms with Crippen molar-refractivity contribution in [3.8, 4) is 5.75 Å². The Balaban J connectivity index is 1.91. The van der Waals surface area contributed by atoms with Crippen molar-refractivity contribution in [2.24, 2.45) is 0 Å². The van der Waals surface area contributed by atoms with Crippen molar-refractivity contribution >= 4 is 11.6 Å². The molecule has 0 heterocycles. The highest BCUT2D eigenvalue weighted by Gasteiger charge is 2.22. The van der Waals surface area contributed by atoms with E-state index in [2.05, 4.69) is 36.5 Å². The van der Waals surface area contributed by atoms with Crippen LogP contribution in [0, 0.1) is 0 Å². The first-order valence-corrected chi connectivity index (χ1v) is 8.97. The van der Waals surface area contributed by atoms with Gasteiger partial charge in [-0.05, 0) is 62.2 Å². The fraction of sp³-hybridized carbons (Fsp3) is 0.381. The summed E-state index contributed by atoms with van der Waals surface area (Å²) in [5.41, 5.74) is 3.31. The monoisotopic (exact) mass is 341 g/mol. The normalized spacial score (nSPS) is 13.1. The van der Waals surface area contributed by atoms with E-state index in [1.165, 1.54) is 11.1 Å². The number of hydrogen-bond acceptors (Lipinski definition) is 2. The molecule has 0 aromatic heterocycles. The van der Waals surface area contributed by atoms with Crippen molar-refractivity contribution in [3.63, 3.8) is 0 Å². The van der Waals surface area contributed by atoms with Gasteiger partial charge in [-0.15, -0.1) is 0 Å². The van der Waals surface area contributed by atoms with Crippen molar-refractivity contribution < 1.29 is 14.4 Å². The lowest BCUT2D eigenvalue weighted by atomic mass is 10.1. The Morgan fingerprint density at radius 2 is 1.64 bits per heavy atom. The number of hydrogen-bond donors (Lipinski definition) is 2. The summed E-state index contributed by atoms with van der Waals surface area (Å²) in [5, 5.41) is 3.01. The fourth-order valence-corrected chi connectivity index (χ4v) is 2.64. The molecular weight excluding hydrogens is 312 g/mol. The summed E-state index contributed by atoms with van der Waals surface area (Å²) in [6.07, 6.45) is 1.000. The highest BCUT2D eigenvalue weighted by molar-refractivity contribution is 5.93. The third-order valence-corrected chi connectivity index (χ3v) is 4.48. The van der Waals surface area contributed by atoms with Crippen molar-refractivity contribution in [1.82, 2.24) is 0 Å². The fourth-order valence-electron chi connectivity index (χ4n) is 2.64. The molecule has 0 aliphatic rings. The maximum atomic E-state index is 12.5. The van der Waals surface area contributed by atoms with Crippen LogP contribution in [0.4, 0.5) is 5.69 Å². The highest BCUT2D eigenvalue weighted by Crippen LogP contribution is 2.12. The molecule has 134 valence electrons. The van der Waals surface area contributed by atoms with Crippen LogP contribution in [0.25, 0.3) is 0 Å². The molecule has 0 aliphatic carbocycles. The summed E-state index contributed by atoms with van der Waals surface area (Å²) in [6.45, 7) is 7.51. The summed E-state index contributed by atoms with van der Waals surface area (Å²) in [6, 6.07) is 16.0. The molecule has 2 aromatic carbocycles. The predicted molar refractivity (Wildman–Crippen MR) is 102 cm³/mol. The lowest BCUT2D eigenvalue weighted by Gasteiger charge is -2.21. The Bertz CT molecular complexity index is 665. The van der Waals surface area contributed by atoms with Gasteiger partial charge in [0.2, 0.25) is 0 Å². The summed E-state index contributed by atoms with van der Waals surface area (Å²) in [7, 11) is 2.04. The second-order valence-corrected chi connectivity index (χ2v) is 6.36. The van der Waals surface area contributed by atoms with Crippen molar-refractivity contribution in [2.75, 3.05) is 19.0 Å². The first kappa shape index (κ1) is 19.0. The Labute approximate surface area is 150 Å². The topological polar surface area (TPSA) is 42.8 Å². The summed E-state index contributed by atoms with van der Waals surface area (Å²) >= 11 is 0. The quantitative estimate of drug-likeness (QED) is 0.775. The zero-order valence-electron chi connectivity index (χ0n) is 15.6. The molecule has 0 saturated heterocycles. The Hall–Kier alpha value is -2.33. The first-order valence-electron chi connectivity index (χ1n) is 8.97. The van der Waals surface area contributed by atoms with Crippen LogP contribution >= 0.6 is 0 Å². The van der Waals surface area contributed by atoms with Crippen LogP contribution in [0.2, 0.25) is 0 Å². The highest BCUT2D eigenvalue weighted by atomic mass is 16.5. The molecule has 0 bridgehead atoms. The van der Waals surface area contributed by atoms with Gasteiger partial charge in [-0.3, -0.25) is 4.79 Å². The van der Waals surface area contributed by atoms with Gasteiger partial charge in [-0.2, -0.15) is 0 Å². The molecule has 0 radical (unpaired) electrons. The zero-order chi connectivity index (χ0) is 18.2. The number of carbonyl (C=O) groups excluding carboxylic acids is 1. The molecule has 0 fully saturated rings. The lowest BCUT2D eigenvalue weighted by molar-refractivity contribution is -0.907. The van der Waals surface area contributed by atoms with E-state index >= 15 is 0 Å². The number of anilines is 1. The van der Waals surface area contributed by atoms with Gasteiger partial charge in [0.05, 0.1) is 13.7 Å². The van der Waals surface area contributed by atoms with Gasteiger partial charge in [0.1, 0.15) is 12.3 Å². The van der Waals surface area contributed by atoms with Crippen molar-refractivity contribution in [3.05, 3.63) is 59.7 Å². The number of ether oxygens (including phenoxy) is 1. The predicted octanol–water partition coefficient (Wildman–Crippen LogP) is 2.69. The number of benzene rings is 2. The van der Waals surface area contributed by atoms with E-state index < -0.39 is 0 Å². The Morgan fingerprint density at radius 3 is 2.20 bits per heavy atom. The lowest BCUT2D eigenvalue weighted by Crippen LogP contribution is -3.12. The number of likely N-dealkylation sites (N-methyl/N-ethyl adjacent to an activating group) is 1. The van der Waals surface area contributed by atoms with E-state index in [1.54, 1.807) is 0 Å². The van der Waals surface area contributed by atoms with E-state index in [4.69, 9.17) is 4.74 Å². The molecule has 2 N–H and O–H groups in total. The van der Waals surface area contributed by atoms with Gasteiger partial charge < -0.3 is 15.0 Å². The molecule has 25 heavy (non-hydrogen) atoms. The first-order chi connectivity index (χ1) is 12.0. The molecule has 4 nitrogen and oxygen atoms in total. The average molecular weight is 341 g/mol. The van der Waals surface area contributed by atoms with E-state index in [1.807, 2.05) is 45.2 Å². The van der Waals surface area contributed by atoms with Crippen LogP contribution in [0.15, 0.2) is 48.5 Å². The summed E-state index contributed by atoms with van der Waals surface area (Å²) in [4.78, 5) is 13.6. The molecular formula is C21H29N2O2+. The molecule has 4 heteroatoms. The van der Waals surface area contributed by atoms with Crippen LogP contribution in [0.5, 0.6) is 5.75 Å². The molecule has 0 spiro atoms. The molecule has 2 atom stereocenters. The minimum absolute atomic E-state index is 0.0349. The van der Waals surface area contributed by atoms with Gasteiger partial charge in [-0.1, -0.05) is 19.1 Å².